The fourth-order valence-electron chi connectivity index (χ4n) is 1.37. The quantitative estimate of drug-likeness (QED) is 0.878. The van der Waals surface area contributed by atoms with Crippen molar-refractivity contribution in [2.45, 2.75) is 11.8 Å². The lowest BCUT2D eigenvalue weighted by atomic mass is 9.99. The molecule has 16 heavy (non-hydrogen) atoms. The van der Waals surface area contributed by atoms with Crippen molar-refractivity contribution in [3.8, 4) is 0 Å². The van der Waals surface area contributed by atoms with Crippen LogP contribution in [0.4, 0.5) is 13.2 Å². The zero-order chi connectivity index (χ0) is 11.8. The fraction of sp³-hybridized carbons (Fsp3) is 0.200. The van der Waals surface area contributed by atoms with Crippen LogP contribution < -0.4 is 0 Å². The highest BCUT2D eigenvalue weighted by Gasteiger charge is 2.57. The molecule has 6 heteroatoms. The molecule has 0 aromatic carbocycles. The second-order valence-electron chi connectivity index (χ2n) is 3.16. The molecule has 0 unspecified atom stereocenters. The SMILES string of the molecule is OC(c1cccs1)(c1cccs1)C(F)(F)F. The molecule has 0 saturated heterocycles. The van der Waals surface area contributed by atoms with Gasteiger partial charge in [0.15, 0.2) is 0 Å². The molecular weight excluding hydrogens is 257 g/mol. The van der Waals surface area contributed by atoms with Crippen molar-refractivity contribution >= 4 is 22.7 Å². The minimum Gasteiger partial charge on any atom is -0.371 e. The molecule has 0 radical (unpaired) electrons. The van der Waals surface area contributed by atoms with Crippen molar-refractivity contribution in [3.05, 3.63) is 44.8 Å². The van der Waals surface area contributed by atoms with E-state index in [0.717, 1.165) is 22.7 Å². The molecule has 2 aromatic rings. The van der Waals surface area contributed by atoms with Gasteiger partial charge >= 0.3 is 6.18 Å². The number of aliphatic hydroxyl groups is 1. The summed E-state index contributed by atoms with van der Waals surface area (Å²) in [5.41, 5.74) is -2.88. The molecular formula is C10H7F3OS2. The van der Waals surface area contributed by atoms with Crippen LogP contribution in [0.1, 0.15) is 9.75 Å². The lowest BCUT2D eigenvalue weighted by molar-refractivity contribution is -0.245. The van der Waals surface area contributed by atoms with Crippen LogP contribution in [-0.4, -0.2) is 11.3 Å². The third-order valence-corrected chi connectivity index (χ3v) is 4.12. The second kappa shape index (κ2) is 3.87. The minimum atomic E-state index is -4.72. The monoisotopic (exact) mass is 264 g/mol. The van der Waals surface area contributed by atoms with Crippen LogP contribution in [0, 0.1) is 0 Å². The number of thiophene rings is 2. The Balaban J connectivity index is 2.59. The van der Waals surface area contributed by atoms with E-state index >= 15 is 0 Å². The first-order valence-electron chi connectivity index (χ1n) is 4.33. The Hall–Kier alpha value is -0.850. The van der Waals surface area contributed by atoms with Gasteiger partial charge in [0.05, 0.1) is 9.75 Å². The Kier molecular flexibility index (Phi) is 2.81. The molecule has 0 spiro atoms. The predicted molar refractivity (Wildman–Crippen MR) is 57.7 cm³/mol. The number of hydrogen-bond donors (Lipinski definition) is 1. The molecule has 86 valence electrons. The van der Waals surface area contributed by atoms with Gasteiger partial charge < -0.3 is 5.11 Å². The van der Waals surface area contributed by atoms with Crippen LogP contribution in [0.15, 0.2) is 35.0 Å². The van der Waals surface area contributed by atoms with E-state index in [4.69, 9.17) is 0 Å². The molecule has 0 bridgehead atoms. The smallest absolute Gasteiger partial charge is 0.371 e. The summed E-state index contributed by atoms with van der Waals surface area (Å²) >= 11 is 1.78. The van der Waals surface area contributed by atoms with Gasteiger partial charge in [0.2, 0.25) is 5.60 Å². The largest absolute Gasteiger partial charge is 0.427 e. The van der Waals surface area contributed by atoms with Gasteiger partial charge in [-0.05, 0) is 22.9 Å². The van der Waals surface area contributed by atoms with Gasteiger partial charge in [0.1, 0.15) is 0 Å². The first-order chi connectivity index (χ1) is 7.46. The molecule has 0 fully saturated rings. The number of hydrogen-bond acceptors (Lipinski definition) is 3. The van der Waals surface area contributed by atoms with E-state index < -0.39 is 11.8 Å². The van der Waals surface area contributed by atoms with E-state index in [1.54, 1.807) is 0 Å². The van der Waals surface area contributed by atoms with Crippen molar-refractivity contribution < 1.29 is 18.3 Å². The van der Waals surface area contributed by atoms with Gasteiger partial charge in [-0.2, -0.15) is 13.2 Å². The Labute approximate surface area is 97.8 Å². The molecule has 0 aliphatic heterocycles. The zero-order valence-corrected chi connectivity index (χ0v) is 9.49. The van der Waals surface area contributed by atoms with E-state index in [-0.39, 0.29) is 9.75 Å². The van der Waals surface area contributed by atoms with Gasteiger partial charge in [0, 0.05) is 0 Å². The van der Waals surface area contributed by atoms with Crippen molar-refractivity contribution in [1.29, 1.82) is 0 Å². The summed E-state index contributed by atoms with van der Waals surface area (Å²) in [4.78, 5) is -0.218. The minimum absolute atomic E-state index is 0.109. The van der Waals surface area contributed by atoms with E-state index in [0.29, 0.717) is 0 Å². The molecule has 0 amide bonds. The summed E-state index contributed by atoms with van der Waals surface area (Å²) in [5, 5.41) is 13.0. The molecule has 1 nitrogen and oxygen atoms in total. The molecule has 2 rings (SSSR count). The van der Waals surface area contributed by atoms with Gasteiger partial charge in [0.25, 0.3) is 0 Å². The van der Waals surface area contributed by atoms with Gasteiger partial charge in [-0.25, -0.2) is 0 Å². The second-order valence-corrected chi connectivity index (χ2v) is 5.06. The van der Waals surface area contributed by atoms with Gasteiger partial charge in [-0.3, -0.25) is 0 Å². The molecule has 0 atom stereocenters. The maximum Gasteiger partial charge on any atom is 0.427 e. The lowest BCUT2D eigenvalue weighted by Gasteiger charge is -2.28. The predicted octanol–water partition coefficient (Wildman–Crippen LogP) is 3.61. The maximum absolute atomic E-state index is 13.0. The highest BCUT2D eigenvalue weighted by Crippen LogP contribution is 2.47. The summed E-state index contributed by atoms with van der Waals surface area (Å²) < 4.78 is 39.0. The van der Waals surface area contributed by atoms with Gasteiger partial charge in [-0.1, -0.05) is 12.1 Å². The number of alkyl halides is 3. The third kappa shape index (κ3) is 1.66. The molecule has 2 aromatic heterocycles. The Morgan fingerprint density at radius 1 is 0.938 bits per heavy atom. The summed E-state index contributed by atoms with van der Waals surface area (Å²) in [6.07, 6.45) is -4.72. The Morgan fingerprint density at radius 2 is 1.38 bits per heavy atom. The van der Waals surface area contributed by atoms with E-state index in [1.807, 2.05) is 0 Å². The summed E-state index contributed by atoms with van der Waals surface area (Å²) in [6.45, 7) is 0. The van der Waals surface area contributed by atoms with Crippen LogP contribution in [0.3, 0.4) is 0 Å². The van der Waals surface area contributed by atoms with E-state index in [2.05, 4.69) is 0 Å². The van der Waals surface area contributed by atoms with Crippen molar-refractivity contribution in [2.75, 3.05) is 0 Å². The van der Waals surface area contributed by atoms with Crippen LogP contribution in [-0.2, 0) is 5.60 Å². The first-order valence-corrected chi connectivity index (χ1v) is 6.09. The van der Waals surface area contributed by atoms with Crippen LogP contribution in [0.25, 0.3) is 0 Å². The summed E-state index contributed by atoms with van der Waals surface area (Å²) in [6, 6.07) is 5.56. The Bertz CT molecular complexity index is 411. The van der Waals surface area contributed by atoms with Crippen LogP contribution >= 0.6 is 22.7 Å². The van der Waals surface area contributed by atoms with E-state index in [9.17, 15) is 18.3 Å². The Morgan fingerprint density at radius 3 is 1.62 bits per heavy atom. The molecule has 0 saturated carbocycles. The zero-order valence-electron chi connectivity index (χ0n) is 7.86. The third-order valence-electron chi connectivity index (χ3n) is 2.17. The lowest BCUT2D eigenvalue weighted by Crippen LogP contribution is -2.41. The normalized spacial score (nSPS) is 13.0. The summed E-state index contributed by atoms with van der Waals surface area (Å²) in [5.74, 6) is 0. The van der Waals surface area contributed by atoms with Crippen molar-refractivity contribution in [2.24, 2.45) is 0 Å². The van der Waals surface area contributed by atoms with Crippen LogP contribution in [0.5, 0.6) is 0 Å². The number of rotatable bonds is 2. The average Bonchev–Trinajstić information content (AvgIpc) is 2.88. The van der Waals surface area contributed by atoms with Crippen molar-refractivity contribution in [3.63, 3.8) is 0 Å². The molecule has 0 aliphatic rings. The highest BCUT2D eigenvalue weighted by atomic mass is 32.1. The molecule has 1 N–H and O–H groups in total. The molecule has 2 heterocycles. The van der Waals surface area contributed by atoms with Gasteiger partial charge in [-0.15, -0.1) is 22.7 Å². The van der Waals surface area contributed by atoms with Crippen LogP contribution in [0.2, 0.25) is 0 Å². The average molecular weight is 264 g/mol. The fourth-order valence-corrected chi connectivity index (χ4v) is 3.15. The highest BCUT2D eigenvalue weighted by molar-refractivity contribution is 7.11. The van der Waals surface area contributed by atoms with Crippen molar-refractivity contribution in [1.82, 2.24) is 0 Å². The van der Waals surface area contributed by atoms with E-state index in [1.165, 1.54) is 35.0 Å². The number of halogens is 3. The molecule has 0 aliphatic carbocycles. The maximum atomic E-state index is 13.0. The summed E-state index contributed by atoms with van der Waals surface area (Å²) in [7, 11) is 0. The topological polar surface area (TPSA) is 20.2 Å². The standard InChI is InChI=1S/C10H7F3OS2/c11-10(12,13)9(14,7-3-1-5-15-7)8-4-2-6-16-8/h1-6,14H. The first kappa shape index (κ1) is 11.6.